The zero-order chi connectivity index (χ0) is 13.1. The Morgan fingerprint density at radius 1 is 0.944 bits per heavy atom. The van der Waals surface area contributed by atoms with Crippen LogP contribution in [0.2, 0.25) is 0 Å². The Hall–Kier alpha value is -1.58. The van der Waals surface area contributed by atoms with Gasteiger partial charge >= 0.3 is 11.6 Å². The maximum atomic E-state index is 2.35. The van der Waals surface area contributed by atoms with Crippen LogP contribution in [0.1, 0.15) is 26.7 Å². The Bertz CT molecular complexity index is 522. The zero-order valence-corrected chi connectivity index (χ0v) is 11.9. The highest BCUT2D eigenvalue weighted by molar-refractivity contribution is 5.36. The molecule has 2 rings (SSSR count). The molecule has 0 saturated heterocycles. The first-order valence-electron chi connectivity index (χ1n) is 6.78. The molecule has 0 spiro atoms. The Morgan fingerprint density at radius 2 is 1.50 bits per heavy atom. The summed E-state index contributed by atoms with van der Waals surface area (Å²) in [7, 11) is 4.23. The van der Waals surface area contributed by atoms with Crippen molar-refractivity contribution in [3.05, 3.63) is 24.8 Å². The minimum Gasteiger partial charge on any atom is -0.226 e. The van der Waals surface area contributed by atoms with E-state index in [1.807, 2.05) is 0 Å². The molecule has 0 radical (unpaired) electrons. The molecule has 0 aliphatic carbocycles. The maximum Gasteiger partial charge on any atom is 0.373 e. The van der Waals surface area contributed by atoms with Crippen LogP contribution in [-0.2, 0) is 27.2 Å². The fraction of sp³-hybridized carbons (Fsp3) is 0.571. The first-order valence-corrected chi connectivity index (χ1v) is 6.78. The van der Waals surface area contributed by atoms with Gasteiger partial charge in [-0.2, -0.15) is 0 Å². The molecule has 98 valence electrons. The van der Waals surface area contributed by atoms with Gasteiger partial charge in [0.05, 0.1) is 27.2 Å². The van der Waals surface area contributed by atoms with Crippen LogP contribution < -0.4 is 9.13 Å². The zero-order valence-electron chi connectivity index (χ0n) is 11.9. The third-order valence-electron chi connectivity index (χ3n) is 3.45. The lowest BCUT2D eigenvalue weighted by atomic mass is 10.3. The molecule has 18 heavy (non-hydrogen) atoms. The lowest BCUT2D eigenvalue weighted by Gasteiger charge is -2.01. The molecular weight excluding hydrogens is 224 g/mol. The van der Waals surface area contributed by atoms with E-state index in [-0.39, 0.29) is 0 Å². The summed E-state index contributed by atoms with van der Waals surface area (Å²) in [5.74, 6) is 2.54. The van der Waals surface area contributed by atoms with E-state index >= 15 is 0 Å². The molecule has 0 saturated carbocycles. The van der Waals surface area contributed by atoms with E-state index in [0.717, 1.165) is 13.1 Å². The average Bonchev–Trinajstić information content (AvgIpc) is 2.90. The predicted molar refractivity (Wildman–Crippen MR) is 70.8 cm³/mol. The fourth-order valence-corrected chi connectivity index (χ4v) is 2.38. The van der Waals surface area contributed by atoms with Crippen molar-refractivity contribution in [1.82, 2.24) is 9.13 Å². The first kappa shape index (κ1) is 12.9. The molecule has 0 unspecified atom stereocenters. The summed E-state index contributed by atoms with van der Waals surface area (Å²) in [6.45, 7) is 6.50. The number of imidazole rings is 2. The van der Waals surface area contributed by atoms with E-state index < -0.39 is 0 Å². The van der Waals surface area contributed by atoms with Crippen LogP contribution in [0.15, 0.2) is 24.8 Å². The largest absolute Gasteiger partial charge is 0.373 e. The predicted octanol–water partition coefficient (Wildman–Crippen LogP) is 1.43. The highest BCUT2D eigenvalue weighted by atomic mass is 15.2. The molecule has 2 aromatic rings. The van der Waals surface area contributed by atoms with E-state index in [0.29, 0.717) is 0 Å². The molecule has 0 atom stereocenters. The Labute approximate surface area is 109 Å². The van der Waals surface area contributed by atoms with E-state index in [1.165, 1.54) is 24.5 Å². The molecular formula is C14H24N4+2. The summed E-state index contributed by atoms with van der Waals surface area (Å²) < 4.78 is 9.04. The summed E-state index contributed by atoms with van der Waals surface area (Å²) in [6, 6.07) is 0. The monoisotopic (exact) mass is 248 g/mol. The Balaban J connectivity index is 2.48. The van der Waals surface area contributed by atoms with Gasteiger partial charge in [0.15, 0.2) is 0 Å². The normalized spacial score (nSPS) is 11.1. The van der Waals surface area contributed by atoms with Gasteiger partial charge in [0, 0.05) is 0 Å². The van der Waals surface area contributed by atoms with Gasteiger partial charge in [-0.3, -0.25) is 0 Å². The van der Waals surface area contributed by atoms with Crippen molar-refractivity contribution in [2.24, 2.45) is 14.1 Å². The quantitative estimate of drug-likeness (QED) is 0.712. The molecule has 0 bridgehead atoms. The van der Waals surface area contributed by atoms with Crippen molar-refractivity contribution in [2.45, 2.75) is 39.8 Å². The number of aromatic nitrogens is 4. The topological polar surface area (TPSA) is 17.6 Å². The molecule has 4 nitrogen and oxygen atoms in total. The van der Waals surface area contributed by atoms with Crippen LogP contribution in [0.3, 0.4) is 0 Å². The Morgan fingerprint density at radius 3 is 2.06 bits per heavy atom. The van der Waals surface area contributed by atoms with E-state index in [1.54, 1.807) is 0 Å². The first-order chi connectivity index (χ1) is 8.69. The highest BCUT2D eigenvalue weighted by Crippen LogP contribution is 2.13. The van der Waals surface area contributed by atoms with Gasteiger partial charge < -0.3 is 0 Å². The van der Waals surface area contributed by atoms with Crippen LogP contribution in [-0.4, -0.2) is 9.13 Å². The average molecular weight is 248 g/mol. The Kier molecular flexibility index (Phi) is 3.84. The standard InChI is InChI=1S/C14H24N4/c1-5-7-8-18-12-10-16(4)14(18)13-15(3)9-11-17(13)6-2/h9-12H,5-8H2,1-4H3/q+2. The van der Waals surface area contributed by atoms with Gasteiger partial charge in [0.2, 0.25) is 0 Å². The van der Waals surface area contributed by atoms with Crippen LogP contribution in [0.5, 0.6) is 0 Å². The van der Waals surface area contributed by atoms with Gasteiger partial charge in [0.1, 0.15) is 24.8 Å². The molecule has 0 aliphatic heterocycles. The molecule has 2 heterocycles. The van der Waals surface area contributed by atoms with Gasteiger partial charge in [-0.05, 0) is 13.3 Å². The minimum absolute atomic E-state index is 0.995. The number of hydrogen-bond acceptors (Lipinski definition) is 0. The fourth-order valence-electron chi connectivity index (χ4n) is 2.38. The third-order valence-corrected chi connectivity index (χ3v) is 3.45. The summed E-state index contributed by atoms with van der Waals surface area (Å²) >= 11 is 0. The summed E-state index contributed by atoms with van der Waals surface area (Å²) in [4.78, 5) is 0. The van der Waals surface area contributed by atoms with Crippen LogP contribution in [0.4, 0.5) is 0 Å². The molecule has 0 fully saturated rings. The third kappa shape index (κ3) is 2.19. The lowest BCUT2D eigenvalue weighted by Crippen LogP contribution is -2.38. The van der Waals surface area contributed by atoms with Crippen molar-refractivity contribution in [3.63, 3.8) is 0 Å². The molecule has 4 heteroatoms. The van der Waals surface area contributed by atoms with Gasteiger partial charge in [0.25, 0.3) is 0 Å². The second kappa shape index (κ2) is 5.38. The van der Waals surface area contributed by atoms with Crippen LogP contribution >= 0.6 is 0 Å². The molecule has 0 amide bonds. The van der Waals surface area contributed by atoms with Crippen molar-refractivity contribution >= 4 is 0 Å². The number of unbranched alkanes of at least 4 members (excludes halogenated alkanes) is 1. The second-order valence-corrected chi connectivity index (χ2v) is 4.80. The van der Waals surface area contributed by atoms with Gasteiger partial charge in [-0.1, -0.05) is 13.3 Å². The molecule has 2 aromatic heterocycles. The van der Waals surface area contributed by atoms with Crippen molar-refractivity contribution in [1.29, 1.82) is 0 Å². The van der Waals surface area contributed by atoms with Crippen molar-refractivity contribution in [3.8, 4) is 11.6 Å². The summed E-state index contributed by atoms with van der Waals surface area (Å²) in [5, 5.41) is 0. The smallest absolute Gasteiger partial charge is 0.226 e. The molecule has 0 aliphatic rings. The summed E-state index contributed by atoms with van der Waals surface area (Å²) in [6.07, 6.45) is 11.0. The van der Waals surface area contributed by atoms with E-state index in [2.05, 4.69) is 71.0 Å². The van der Waals surface area contributed by atoms with E-state index in [4.69, 9.17) is 0 Å². The molecule has 0 aromatic carbocycles. The lowest BCUT2D eigenvalue weighted by molar-refractivity contribution is -0.690. The van der Waals surface area contributed by atoms with Crippen LogP contribution in [0.25, 0.3) is 11.6 Å². The van der Waals surface area contributed by atoms with Crippen molar-refractivity contribution in [2.75, 3.05) is 0 Å². The second-order valence-electron chi connectivity index (χ2n) is 4.80. The number of nitrogens with zero attached hydrogens (tertiary/aromatic N) is 4. The van der Waals surface area contributed by atoms with E-state index in [9.17, 15) is 0 Å². The molecule has 0 N–H and O–H groups in total. The number of aryl methyl sites for hydroxylation is 4. The summed E-state index contributed by atoms with van der Waals surface area (Å²) in [5.41, 5.74) is 0. The number of hydrogen-bond donors (Lipinski definition) is 0. The highest BCUT2D eigenvalue weighted by Gasteiger charge is 2.29. The van der Waals surface area contributed by atoms with Gasteiger partial charge in [-0.25, -0.2) is 18.3 Å². The van der Waals surface area contributed by atoms with Crippen molar-refractivity contribution < 1.29 is 9.13 Å². The number of rotatable bonds is 5. The van der Waals surface area contributed by atoms with Crippen LogP contribution in [0, 0.1) is 0 Å². The SMILES string of the molecule is CCCCn1cc[n+](C)c1-c1n(CC)cc[n+]1C. The maximum absolute atomic E-state index is 2.35. The minimum atomic E-state index is 0.995. The van der Waals surface area contributed by atoms with Gasteiger partial charge in [-0.15, -0.1) is 0 Å².